The lowest BCUT2D eigenvalue weighted by Gasteiger charge is -2.12. The molecule has 0 amide bonds. The number of anilines is 1. The second kappa shape index (κ2) is 5.54. The van der Waals surface area contributed by atoms with Crippen molar-refractivity contribution in [2.75, 3.05) is 19.0 Å². The zero-order valence-corrected chi connectivity index (χ0v) is 11.2. The molecule has 0 bridgehead atoms. The maximum Gasteiger partial charge on any atom is 0.0361 e. The van der Waals surface area contributed by atoms with Gasteiger partial charge in [0, 0.05) is 19.8 Å². The smallest absolute Gasteiger partial charge is 0.0361 e. The van der Waals surface area contributed by atoms with Gasteiger partial charge in [0.1, 0.15) is 0 Å². The molecule has 0 aliphatic heterocycles. The molecular weight excluding hydrogens is 218 g/mol. The number of hydrogen-bond acceptors (Lipinski definition) is 1. The first-order valence-corrected chi connectivity index (χ1v) is 6.18. The zero-order valence-electron chi connectivity index (χ0n) is 11.2. The molecule has 0 saturated heterocycles. The molecule has 2 aromatic carbocycles. The van der Waals surface area contributed by atoms with E-state index >= 15 is 0 Å². The van der Waals surface area contributed by atoms with Crippen molar-refractivity contribution in [2.45, 2.75) is 6.92 Å². The first-order chi connectivity index (χ1) is 8.66. The fourth-order valence-electron chi connectivity index (χ4n) is 1.90. The molecule has 0 atom stereocenters. The van der Waals surface area contributed by atoms with Gasteiger partial charge in [-0.25, -0.2) is 0 Å². The summed E-state index contributed by atoms with van der Waals surface area (Å²) in [6.45, 7) is 2.15. The van der Waals surface area contributed by atoms with Gasteiger partial charge in [0.15, 0.2) is 0 Å². The minimum Gasteiger partial charge on any atom is -0.378 e. The van der Waals surface area contributed by atoms with Crippen LogP contribution >= 0.6 is 0 Å². The van der Waals surface area contributed by atoms with Crippen LogP contribution in [0.3, 0.4) is 0 Å². The van der Waals surface area contributed by atoms with Gasteiger partial charge in [-0.1, -0.05) is 48.5 Å². The summed E-state index contributed by atoms with van der Waals surface area (Å²) in [5, 5.41) is 0. The Kier molecular flexibility index (Phi) is 3.83. The van der Waals surface area contributed by atoms with Crippen LogP contribution in [-0.4, -0.2) is 14.1 Å². The molecule has 1 nitrogen and oxygen atoms in total. The standard InChI is InChI=1S/C17H19N/c1-14(16-7-5-4-6-8-16)13-15-9-11-17(12-10-15)18(2)3/h4-13H,1-3H3. The normalized spacial score (nSPS) is 11.4. The molecule has 1 heteroatoms. The minimum absolute atomic E-state index is 1.23. The summed E-state index contributed by atoms with van der Waals surface area (Å²) in [6.07, 6.45) is 2.22. The lowest BCUT2D eigenvalue weighted by molar-refractivity contribution is 1.13. The third-order valence-electron chi connectivity index (χ3n) is 3.02. The third-order valence-corrected chi connectivity index (χ3v) is 3.02. The Morgan fingerprint density at radius 3 is 2.06 bits per heavy atom. The third kappa shape index (κ3) is 3.01. The van der Waals surface area contributed by atoms with Crippen molar-refractivity contribution < 1.29 is 0 Å². The van der Waals surface area contributed by atoms with Gasteiger partial charge in [-0.05, 0) is 35.8 Å². The van der Waals surface area contributed by atoms with Crippen LogP contribution in [0.4, 0.5) is 5.69 Å². The Bertz CT molecular complexity index is 521. The second-order valence-corrected chi connectivity index (χ2v) is 4.68. The Balaban J connectivity index is 2.23. The van der Waals surface area contributed by atoms with Gasteiger partial charge in [0.2, 0.25) is 0 Å². The number of allylic oxidation sites excluding steroid dienone is 1. The predicted octanol–water partition coefficient (Wildman–Crippen LogP) is 4.31. The summed E-state index contributed by atoms with van der Waals surface area (Å²) >= 11 is 0. The van der Waals surface area contributed by atoms with Crippen LogP contribution in [0.25, 0.3) is 11.6 Å². The summed E-state index contributed by atoms with van der Waals surface area (Å²) in [5.74, 6) is 0. The molecule has 2 rings (SSSR count). The molecule has 0 saturated carbocycles. The molecule has 0 N–H and O–H groups in total. The first kappa shape index (κ1) is 12.4. The number of hydrogen-bond donors (Lipinski definition) is 0. The van der Waals surface area contributed by atoms with Crippen LogP contribution in [0.1, 0.15) is 18.1 Å². The van der Waals surface area contributed by atoms with Gasteiger partial charge >= 0.3 is 0 Å². The minimum atomic E-state index is 1.23. The van der Waals surface area contributed by atoms with Gasteiger partial charge in [-0.3, -0.25) is 0 Å². The van der Waals surface area contributed by atoms with Gasteiger partial charge in [-0.2, -0.15) is 0 Å². The van der Waals surface area contributed by atoms with Crippen molar-refractivity contribution in [3.63, 3.8) is 0 Å². The van der Waals surface area contributed by atoms with E-state index < -0.39 is 0 Å². The second-order valence-electron chi connectivity index (χ2n) is 4.68. The van der Waals surface area contributed by atoms with Crippen molar-refractivity contribution in [3.8, 4) is 0 Å². The van der Waals surface area contributed by atoms with Crippen LogP contribution in [0.15, 0.2) is 54.6 Å². The van der Waals surface area contributed by atoms with Crippen molar-refractivity contribution >= 4 is 17.3 Å². The molecule has 2 aromatic rings. The maximum absolute atomic E-state index is 2.22. The average molecular weight is 237 g/mol. The lowest BCUT2D eigenvalue weighted by atomic mass is 10.0. The maximum atomic E-state index is 2.22. The van der Waals surface area contributed by atoms with E-state index in [9.17, 15) is 0 Å². The van der Waals surface area contributed by atoms with Crippen molar-refractivity contribution in [3.05, 3.63) is 65.7 Å². The highest BCUT2D eigenvalue weighted by molar-refractivity contribution is 5.80. The van der Waals surface area contributed by atoms with Crippen molar-refractivity contribution in [1.29, 1.82) is 0 Å². The molecule has 0 fully saturated rings. The van der Waals surface area contributed by atoms with Crippen LogP contribution < -0.4 is 4.90 Å². The van der Waals surface area contributed by atoms with Crippen LogP contribution in [0.5, 0.6) is 0 Å². The van der Waals surface area contributed by atoms with Gasteiger partial charge in [0.05, 0.1) is 0 Å². The monoisotopic (exact) mass is 237 g/mol. The van der Waals surface area contributed by atoms with Gasteiger partial charge in [0.25, 0.3) is 0 Å². The van der Waals surface area contributed by atoms with Crippen LogP contribution in [0.2, 0.25) is 0 Å². The average Bonchev–Trinajstić information content (AvgIpc) is 2.40. The molecule has 0 radical (unpaired) electrons. The Morgan fingerprint density at radius 2 is 1.50 bits per heavy atom. The van der Waals surface area contributed by atoms with Crippen molar-refractivity contribution in [2.24, 2.45) is 0 Å². The number of nitrogens with zero attached hydrogens (tertiary/aromatic N) is 1. The molecule has 0 aliphatic carbocycles. The Morgan fingerprint density at radius 1 is 0.889 bits per heavy atom. The van der Waals surface area contributed by atoms with E-state index in [1.165, 1.54) is 22.4 Å². The molecule has 0 unspecified atom stereocenters. The molecule has 0 heterocycles. The molecule has 0 spiro atoms. The summed E-state index contributed by atoms with van der Waals surface area (Å²) < 4.78 is 0. The van der Waals surface area contributed by atoms with E-state index in [-0.39, 0.29) is 0 Å². The summed E-state index contributed by atoms with van der Waals surface area (Å²) in [4.78, 5) is 2.11. The van der Waals surface area contributed by atoms with Crippen LogP contribution in [-0.2, 0) is 0 Å². The van der Waals surface area contributed by atoms with E-state index in [0.29, 0.717) is 0 Å². The molecule has 18 heavy (non-hydrogen) atoms. The fourth-order valence-corrected chi connectivity index (χ4v) is 1.90. The fraction of sp³-hybridized carbons (Fsp3) is 0.176. The summed E-state index contributed by atoms with van der Waals surface area (Å²) in [5.41, 5.74) is 5.02. The van der Waals surface area contributed by atoms with E-state index in [4.69, 9.17) is 0 Å². The molecule has 92 valence electrons. The molecular formula is C17H19N. The molecule has 0 aromatic heterocycles. The van der Waals surface area contributed by atoms with Crippen LogP contribution in [0, 0.1) is 0 Å². The number of rotatable bonds is 3. The quantitative estimate of drug-likeness (QED) is 0.719. The highest BCUT2D eigenvalue weighted by Gasteiger charge is 1.97. The Labute approximate surface area is 109 Å². The highest BCUT2D eigenvalue weighted by atomic mass is 15.1. The van der Waals surface area contributed by atoms with E-state index in [2.05, 4.69) is 80.5 Å². The largest absolute Gasteiger partial charge is 0.378 e. The topological polar surface area (TPSA) is 3.24 Å². The predicted molar refractivity (Wildman–Crippen MR) is 80.8 cm³/mol. The van der Waals surface area contributed by atoms with Crippen molar-refractivity contribution in [1.82, 2.24) is 0 Å². The molecule has 0 aliphatic rings. The van der Waals surface area contributed by atoms with E-state index in [0.717, 1.165) is 0 Å². The summed E-state index contributed by atoms with van der Waals surface area (Å²) in [7, 11) is 4.11. The summed E-state index contributed by atoms with van der Waals surface area (Å²) in [6, 6.07) is 19.1. The highest BCUT2D eigenvalue weighted by Crippen LogP contribution is 2.19. The van der Waals surface area contributed by atoms with E-state index in [1.807, 2.05) is 6.07 Å². The lowest BCUT2D eigenvalue weighted by Crippen LogP contribution is -2.07. The van der Waals surface area contributed by atoms with Gasteiger partial charge in [-0.15, -0.1) is 0 Å². The zero-order chi connectivity index (χ0) is 13.0. The van der Waals surface area contributed by atoms with Gasteiger partial charge < -0.3 is 4.90 Å². The van der Waals surface area contributed by atoms with E-state index in [1.54, 1.807) is 0 Å². The first-order valence-electron chi connectivity index (χ1n) is 6.18. The number of benzene rings is 2. The Hall–Kier alpha value is -2.02. The SMILES string of the molecule is CC(=Cc1ccc(N(C)C)cc1)c1ccccc1.